The highest BCUT2D eigenvalue weighted by atomic mass is 16.5. The lowest BCUT2D eigenvalue weighted by Gasteiger charge is -2.32. The Morgan fingerprint density at radius 1 is 1.15 bits per heavy atom. The van der Waals surface area contributed by atoms with Gasteiger partial charge in [-0.1, -0.05) is 6.42 Å². The molecular formula is C22H25N2O2. The summed E-state index contributed by atoms with van der Waals surface area (Å²) in [6.07, 6.45) is 11.2. The van der Waals surface area contributed by atoms with E-state index in [2.05, 4.69) is 16.3 Å². The van der Waals surface area contributed by atoms with Gasteiger partial charge in [-0.3, -0.25) is 4.98 Å². The van der Waals surface area contributed by atoms with E-state index in [-0.39, 0.29) is 0 Å². The number of methoxy groups -OCH3 is 1. The topological polar surface area (TPSA) is 45.6 Å². The molecule has 2 aromatic rings. The molecule has 4 rings (SSSR count). The molecule has 1 aromatic carbocycles. The van der Waals surface area contributed by atoms with Crippen LogP contribution < -0.4 is 4.74 Å². The maximum absolute atomic E-state index is 11.2. The van der Waals surface area contributed by atoms with E-state index in [1.807, 2.05) is 37.1 Å². The molecule has 0 bridgehead atoms. The molecule has 0 spiro atoms. The third-order valence-electron chi connectivity index (χ3n) is 5.36. The molecule has 0 amide bonds. The molecule has 0 unspecified atom stereocenters. The second-order valence-corrected chi connectivity index (χ2v) is 7.03. The largest absolute Gasteiger partial charge is 0.497 e. The number of aromatic nitrogens is 1. The van der Waals surface area contributed by atoms with E-state index in [4.69, 9.17) is 4.74 Å². The predicted octanol–water partition coefficient (Wildman–Crippen LogP) is 3.54. The Bertz CT molecular complexity index is 742. The fourth-order valence-electron chi connectivity index (χ4n) is 3.92. The van der Waals surface area contributed by atoms with Crippen molar-refractivity contribution in [2.45, 2.75) is 25.4 Å². The molecule has 4 nitrogen and oxygen atoms in total. The molecule has 135 valence electrons. The van der Waals surface area contributed by atoms with Crippen LogP contribution in [0.5, 0.6) is 5.75 Å². The van der Waals surface area contributed by atoms with E-state index in [0.717, 1.165) is 47.8 Å². The number of hydrogen-bond donors (Lipinski definition) is 1. The lowest BCUT2D eigenvalue weighted by atomic mass is 9.85. The number of hydrogen-bond acceptors (Lipinski definition) is 4. The first kappa shape index (κ1) is 17.7. The minimum Gasteiger partial charge on any atom is -0.497 e. The smallest absolute Gasteiger partial charge is 0.119 e. The van der Waals surface area contributed by atoms with Crippen LogP contribution in [0.3, 0.4) is 0 Å². The number of piperidine rings is 1. The second kappa shape index (κ2) is 7.93. The number of nitrogens with zero attached hydrogens (tertiary/aromatic N) is 2. The van der Waals surface area contributed by atoms with Crippen LogP contribution in [0.4, 0.5) is 0 Å². The standard InChI is InChI=1S/C22H25N2O2/c1-26-17-8-9-21-20(14-17)19(10-11-23-21)22(25)18-7-5-6-16(18)15-24-12-3-2-4-13-24/h5-11,14,22,25H,2-4,12-13,15H2,1H3/t22-/m1/s1. The number of likely N-dealkylation sites (tertiary alicyclic amines) is 1. The summed E-state index contributed by atoms with van der Waals surface area (Å²) in [5.74, 6) is 2.98. The van der Waals surface area contributed by atoms with Crippen molar-refractivity contribution >= 4 is 10.9 Å². The fourth-order valence-corrected chi connectivity index (χ4v) is 3.92. The van der Waals surface area contributed by atoms with Gasteiger partial charge in [0.2, 0.25) is 0 Å². The third-order valence-corrected chi connectivity index (χ3v) is 5.36. The Hall–Kier alpha value is -1.65. The monoisotopic (exact) mass is 349 g/mol. The van der Waals surface area contributed by atoms with E-state index in [0.29, 0.717) is 0 Å². The quantitative estimate of drug-likeness (QED) is 0.897. The molecule has 2 aliphatic rings. The van der Waals surface area contributed by atoms with Gasteiger partial charge in [-0.15, -0.1) is 0 Å². The lowest BCUT2D eigenvalue weighted by molar-refractivity contribution is 0.188. The van der Waals surface area contributed by atoms with Crippen molar-refractivity contribution in [2.75, 3.05) is 26.7 Å². The number of pyridine rings is 1. The van der Waals surface area contributed by atoms with Crippen LogP contribution in [0.1, 0.15) is 30.9 Å². The molecule has 1 N–H and O–H groups in total. The summed E-state index contributed by atoms with van der Waals surface area (Å²) in [5, 5.41) is 12.1. The number of rotatable bonds is 5. The van der Waals surface area contributed by atoms with E-state index >= 15 is 0 Å². The normalized spacial score (nSPS) is 21.3. The molecule has 4 heteroatoms. The van der Waals surface area contributed by atoms with Gasteiger partial charge >= 0.3 is 0 Å². The zero-order valence-electron chi connectivity index (χ0n) is 15.2. The van der Waals surface area contributed by atoms with Crippen LogP contribution in [0.25, 0.3) is 10.9 Å². The van der Waals surface area contributed by atoms with Crippen molar-refractivity contribution in [1.29, 1.82) is 0 Å². The van der Waals surface area contributed by atoms with Gasteiger partial charge in [0.25, 0.3) is 0 Å². The van der Waals surface area contributed by atoms with Crippen LogP contribution in [0.2, 0.25) is 0 Å². The zero-order valence-corrected chi connectivity index (χ0v) is 15.2. The van der Waals surface area contributed by atoms with Crippen LogP contribution in [0.15, 0.2) is 30.5 Å². The molecule has 2 heterocycles. The summed E-state index contributed by atoms with van der Waals surface area (Å²) in [7, 11) is 1.65. The molecule has 1 aliphatic heterocycles. The first-order chi connectivity index (χ1) is 12.8. The van der Waals surface area contributed by atoms with Gasteiger partial charge in [-0.25, -0.2) is 0 Å². The van der Waals surface area contributed by atoms with Gasteiger partial charge in [0.15, 0.2) is 0 Å². The van der Waals surface area contributed by atoms with E-state index in [1.54, 1.807) is 13.3 Å². The Morgan fingerprint density at radius 3 is 2.81 bits per heavy atom. The maximum atomic E-state index is 11.2. The predicted molar refractivity (Wildman–Crippen MR) is 103 cm³/mol. The summed E-state index contributed by atoms with van der Waals surface area (Å²) in [5.41, 5.74) is 1.74. The van der Waals surface area contributed by atoms with Crippen molar-refractivity contribution < 1.29 is 9.84 Å². The van der Waals surface area contributed by atoms with E-state index in [1.165, 1.54) is 25.2 Å². The molecular weight excluding hydrogens is 324 g/mol. The molecule has 1 aliphatic carbocycles. The summed E-state index contributed by atoms with van der Waals surface area (Å²) >= 11 is 0. The summed E-state index contributed by atoms with van der Waals surface area (Å²) < 4.78 is 5.36. The average Bonchev–Trinajstić information content (AvgIpc) is 3.15. The molecule has 2 fully saturated rings. The maximum Gasteiger partial charge on any atom is 0.119 e. The Kier molecular flexibility index (Phi) is 5.41. The van der Waals surface area contributed by atoms with Gasteiger partial charge < -0.3 is 14.7 Å². The van der Waals surface area contributed by atoms with Gasteiger partial charge in [-0.05, 0) is 75.0 Å². The summed E-state index contributed by atoms with van der Waals surface area (Å²) in [6.45, 7) is 3.21. The molecule has 1 atom stereocenters. The van der Waals surface area contributed by atoms with Crippen molar-refractivity contribution in [3.63, 3.8) is 0 Å². The third kappa shape index (κ3) is 3.58. The minimum absolute atomic E-state index is 0.664. The molecule has 1 aromatic heterocycles. The Morgan fingerprint density at radius 2 is 2.00 bits per heavy atom. The molecule has 1 saturated carbocycles. The van der Waals surface area contributed by atoms with Crippen molar-refractivity contribution in [3.05, 3.63) is 67.1 Å². The van der Waals surface area contributed by atoms with Gasteiger partial charge in [0.1, 0.15) is 5.75 Å². The van der Waals surface area contributed by atoms with Crippen LogP contribution in [-0.4, -0.2) is 41.7 Å². The Balaban J connectivity index is 1.57. The van der Waals surface area contributed by atoms with Crippen LogP contribution in [0, 0.1) is 31.1 Å². The summed E-state index contributed by atoms with van der Waals surface area (Å²) in [4.78, 5) is 6.91. The highest BCUT2D eigenvalue weighted by molar-refractivity contribution is 5.84. The van der Waals surface area contributed by atoms with E-state index < -0.39 is 6.10 Å². The fraction of sp³-hybridized carbons (Fsp3) is 0.364. The van der Waals surface area contributed by atoms with Gasteiger partial charge in [0.05, 0.1) is 18.7 Å². The van der Waals surface area contributed by atoms with Crippen molar-refractivity contribution in [1.82, 2.24) is 9.88 Å². The molecule has 1 saturated heterocycles. The minimum atomic E-state index is -0.664. The first-order valence-electron chi connectivity index (χ1n) is 9.34. The number of aliphatic hydroxyl groups excluding tert-OH is 1. The molecule has 26 heavy (non-hydrogen) atoms. The number of ether oxygens (including phenoxy) is 1. The van der Waals surface area contributed by atoms with Crippen molar-refractivity contribution in [2.24, 2.45) is 0 Å². The van der Waals surface area contributed by atoms with Gasteiger partial charge in [-0.2, -0.15) is 0 Å². The Labute approximate surface area is 156 Å². The second-order valence-electron chi connectivity index (χ2n) is 7.03. The number of aliphatic hydroxyl groups is 1. The van der Waals surface area contributed by atoms with Gasteiger partial charge in [0, 0.05) is 30.0 Å². The number of benzene rings is 1. The highest BCUT2D eigenvalue weighted by Gasteiger charge is 2.37. The first-order valence-corrected chi connectivity index (χ1v) is 9.34. The van der Waals surface area contributed by atoms with E-state index in [9.17, 15) is 5.11 Å². The number of fused-ring (bicyclic) bond motifs is 1. The van der Waals surface area contributed by atoms with Crippen molar-refractivity contribution in [3.8, 4) is 5.75 Å². The molecule has 5 radical (unpaired) electrons. The summed E-state index contributed by atoms with van der Waals surface area (Å²) in [6, 6.07) is 7.69. The SMILES string of the molecule is COc1ccc2nccc([C@H](O)[C]3[CH][CH][CH][C]3CN3CCCCC3)c2c1. The highest BCUT2D eigenvalue weighted by Crippen LogP contribution is 2.44. The lowest BCUT2D eigenvalue weighted by Crippen LogP contribution is -2.35. The van der Waals surface area contributed by atoms with Crippen LogP contribution >= 0.6 is 0 Å². The zero-order chi connectivity index (χ0) is 17.9. The van der Waals surface area contributed by atoms with Crippen LogP contribution in [-0.2, 0) is 0 Å². The average molecular weight is 349 g/mol.